The van der Waals surface area contributed by atoms with Crippen molar-refractivity contribution in [1.29, 1.82) is 0 Å². The van der Waals surface area contributed by atoms with Crippen LogP contribution in [0.5, 0.6) is 0 Å². The Morgan fingerprint density at radius 1 is 1.15 bits per heavy atom. The minimum absolute atomic E-state index is 0.119. The number of pyridine rings is 1. The van der Waals surface area contributed by atoms with E-state index in [2.05, 4.69) is 20.4 Å². The number of benzene rings is 1. The molecule has 0 aliphatic rings. The minimum Gasteiger partial charge on any atom is -0.478 e. The van der Waals surface area contributed by atoms with Gasteiger partial charge in [0.1, 0.15) is 0 Å². The van der Waals surface area contributed by atoms with Crippen molar-refractivity contribution in [3.63, 3.8) is 0 Å². The third-order valence-electron chi connectivity index (χ3n) is 2.64. The summed E-state index contributed by atoms with van der Waals surface area (Å²) in [4.78, 5) is 16.2. The van der Waals surface area contributed by atoms with Gasteiger partial charge < -0.3 is 5.11 Å². The maximum atomic E-state index is 10.9. The summed E-state index contributed by atoms with van der Waals surface area (Å²) in [6.07, 6.45) is 1.39. The van der Waals surface area contributed by atoms with E-state index in [9.17, 15) is 4.79 Å². The number of hydrogen-bond donors (Lipinski definition) is 1. The second-order valence-corrected chi connectivity index (χ2v) is 3.98. The molecule has 3 aromatic rings. The highest BCUT2D eigenvalue weighted by atomic mass is 16.4. The van der Waals surface area contributed by atoms with Crippen molar-refractivity contribution in [2.45, 2.75) is 0 Å². The lowest BCUT2D eigenvalue weighted by Gasteiger charge is -1.98. The van der Waals surface area contributed by atoms with Gasteiger partial charge >= 0.3 is 5.97 Å². The van der Waals surface area contributed by atoms with E-state index in [1.807, 2.05) is 30.3 Å². The van der Waals surface area contributed by atoms with Crippen molar-refractivity contribution >= 4 is 5.97 Å². The zero-order valence-electron chi connectivity index (χ0n) is 10.2. The maximum absolute atomic E-state index is 10.9. The normalized spacial score (nSPS) is 10.4. The zero-order valence-corrected chi connectivity index (χ0v) is 10.2. The maximum Gasteiger partial charge on any atom is 0.335 e. The lowest BCUT2D eigenvalue weighted by Crippen LogP contribution is -2.05. The van der Waals surface area contributed by atoms with Crippen LogP contribution in [-0.4, -0.2) is 36.3 Å². The second kappa shape index (κ2) is 4.88. The van der Waals surface area contributed by atoms with Crippen molar-refractivity contribution in [2.24, 2.45) is 0 Å². The molecule has 2 aromatic heterocycles. The summed E-state index contributed by atoms with van der Waals surface area (Å²) in [6.45, 7) is 0. The standard InChI is InChI=1S/C13H9N5O2/c19-13(20)10-6-7-14-11(8-10)18-16-12(15-17-18)9-4-2-1-3-5-9/h1-8H,(H,19,20). The first kappa shape index (κ1) is 12.0. The van der Waals surface area contributed by atoms with Crippen molar-refractivity contribution < 1.29 is 9.90 Å². The fraction of sp³-hybridized carbons (Fsp3) is 0. The summed E-state index contributed by atoms with van der Waals surface area (Å²) in [5, 5.41) is 21.0. The molecule has 3 rings (SSSR count). The Balaban J connectivity index is 1.98. The van der Waals surface area contributed by atoms with Gasteiger partial charge in [-0.3, -0.25) is 0 Å². The Hall–Kier alpha value is -3.09. The van der Waals surface area contributed by atoms with E-state index >= 15 is 0 Å². The van der Waals surface area contributed by atoms with Crippen molar-refractivity contribution in [3.05, 3.63) is 54.2 Å². The van der Waals surface area contributed by atoms with Gasteiger partial charge in [-0.15, -0.1) is 15.0 Å². The molecule has 0 radical (unpaired) electrons. The highest BCUT2D eigenvalue weighted by Gasteiger charge is 2.10. The average Bonchev–Trinajstić information content (AvgIpc) is 2.98. The first-order valence-corrected chi connectivity index (χ1v) is 5.79. The van der Waals surface area contributed by atoms with Gasteiger partial charge in [0.25, 0.3) is 0 Å². The van der Waals surface area contributed by atoms with Crippen molar-refractivity contribution in [3.8, 4) is 17.2 Å². The molecule has 20 heavy (non-hydrogen) atoms. The van der Waals surface area contributed by atoms with Crippen LogP contribution in [0.25, 0.3) is 17.2 Å². The predicted octanol–water partition coefficient (Wildman–Crippen LogP) is 1.42. The summed E-state index contributed by atoms with van der Waals surface area (Å²) >= 11 is 0. The highest BCUT2D eigenvalue weighted by molar-refractivity contribution is 5.87. The van der Waals surface area contributed by atoms with Crippen LogP contribution >= 0.6 is 0 Å². The first-order valence-electron chi connectivity index (χ1n) is 5.79. The van der Waals surface area contributed by atoms with E-state index in [4.69, 9.17) is 5.11 Å². The van der Waals surface area contributed by atoms with Gasteiger partial charge in [-0.05, 0) is 17.3 Å². The van der Waals surface area contributed by atoms with Crippen LogP contribution in [-0.2, 0) is 0 Å². The molecule has 0 amide bonds. The van der Waals surface area contributed by atoms with E-state index < -0.39 is 5.97 Å². The van der Waals surface area contributed by atoms with Crippen LogP contribution < -0.4 is 0 Å². The quantitative estimate of drug-likeness (QED) is 0.771. The minimum atomic E-state index is -1.03. The van der Waals surface area contributed by atoms with Gasteiger partial charge in [0.15, 0.2) is 5.82 Å². The lowest BCUT2D eigenvalue weighted by atomic mass is 10.2. The van der Waals surface area contributed by atoms with Gasteiger partial charge in [0.2, 0.25) is 5.82 Å². The molecule has 1 aromatic carbocycles. The Labute approximate surface area is 113 Å². The van der Waals surface area contributed by atoms with Crippen LogP contribution in [0.15, 0.2) is 48.7 Å². The fourth-order valence-electron chi connectivity index (χ4n) is 1.67. The molecular weight excluding hydrogens is 258 g/mol. The summed E-state index contributed by atoms with van der Waals surface area (Å²) in [5.74, 6) is -0.273. The summed E-state index contributed by atoms with van der Waals surface area (Å²) in [6, 6.07) is 12.2. The van der Waals surface area contributed by atoms with Crippen LogP contribution in [0.3, 0.4) is 0 Å². The molecule has 0 saturated carbocycles. The number of carboxylic acid groups (broad SMARTS) is 1. The van der Waals surface area contributed by atoms with Crippen molar-refractivity contribution in [1.82, 2.24) is 25.2 Å². The SMILES string of the molecule is O=C(O)c1ccnc(-n2nnc(-c3ccccc3)n2)c1. The molecule has 1 N–H and O–H groups in total. The molecule has 0 aliphatic carbocycles. The molecule has 0 spiro atoms. The van der Waals surface area contributed by atoms with E-state index in [1.54, 1.807) is 0 Å². The van der Waals surface area contributed by atoms with Gasteiger partial charge in [-0.25, -0.2) is 9.78 Å². The Morgan fingerprint density at radius 3 is 2.70 bits per heavy atom. The van der Waals surface area contributed by atoms with Gasteiger partial charge in [-0.1, -0.05) is 30.3 Å². The summed E-state index contributed by atoms with van der Waals surface area (Å²) in [7, 11) is 0. The molecule has 98 valence electrons. The number of carboxylic acids is 1. The molecule has 0 fully saturated rings. The van der Waals surface area contributed by atoms with Crippen LogP contribution in [0.1, 0.15) is 10.4 Å². The molecular formula is C13H9N5O2. The third-order valence-corrected chi connectivity index (χ3v) is 2.64. The molecule has 0 aliphatic heterocycles. The number of aromatic carboxylic acids is 1. The largest absolute Gasteiger partial charge is 0.478 e. The molecule has 0 saturated heterocycles. The molecule has 0 bridgehead atoms. The van der Waals surface area contributed by atoms with Gasteiger partial charge in [0, 0.05) is 11.8 Å². The number of tetrazole rings is 1. The number of rotatable bonds is 3. The summed E-state index contributed by atoms with van der Waals surface area (Å²) < 4.78 is 0. The van der Waals surface area contributed by atoms with E-state index in [0.717, 1.165) is 5.56 Å². The Kier molecular flexibility index (Phi) is 2.92. The average molecular weight is 267 g/mol. The number of carbonyl (C=O) groups is 1. The molecule has 7 heteroatoms. The third kappa shape index (κ3) is 2.24. The fourth-order valence-corrected chi connectivity index (χ4v) is 1.67. The predicted molar refractivity (Wildman–Crippen MR) is 69.3 cm³/mol. The monoisotopic (exact) mass is 267 g/mol. The first-order chi connectivity index (χ1) is 9.74. The second-order valence-electron chi connectivity index (χ2n) is 3.98. The topological polar surface area (TPSA) is 93.8 Å². The molecule has 7 nitrogen and oxygen atoms in total. The van der Waals surface area contributed by atoms with E-state index in [1.165, 1.54) is 23.1 Å². The summed E-state index contributed by atoms with van der Waals surface area (Å²) in [5.41, 5.74) is 0.946. The molecule has 0 atom stereocenters. The molecule has 2 heterocycles. The van der Waals surface area contributed by atoms with Crippen LogP contribution in [0, 0.1) is 0 Å². The highest BCUT2D eigenvalue weighted by Crippen LogP contribution is 2.13. The van der Waals surface area contributed by atoms with E-state index in [0.29, 0.717) is 11.6 Å². The smallest absolute Gasteiger partial charge is 0.335 e. The zero-order chi connectivity index (χ0) is 13.9. The number of hydrogen-bond acceptors (Lipinski definition) is 5. The Morgan fingerprint density at radius 2 is 1.95 bits per heavy atom. The molecule has 0 unspecified atom stereocenters. The van der Waals surface area contributed by atoms with Crippen molar-refractivity contribution in [2.75, 3.05) is 0 Å². The van der Waals surface area contributed by atoms with E-state index in [-0.39, 0.29) is 5.56 Å². The number of nitrogens with zero attached hydrogens (tertiary/aromatic N) is 5. The van der Waals surface area contributed by atoms with Crippen LogP contribution in [0.4, 0.5) is 0 Å². The van der Waals surface area contributed by atoms with Gasteiger partial charge in [0.05, 0.1) is 5.56 Å². The Bertz CT molecular complexity index is 754. The van der Waals surface area contributed by atoms with Crippen LogP contribution in [0.2, 0.25) is 0 Å². The number of aromatic nitrogens is 5. The lowest BCUT2D eigenvalue weighted by molar-refractivity contribution is 0.0696. The van der Waals surface area contributed by atoms with Gasteiger partial charge in [-0.2, -0.15) is 0 Å².